The highest BCUT2D eigenvalue weighted by Gasteiger charge is 2.10. The second-order valence-electron chi connectivity index (χ2n) is 3.65. The number of nitrogens with one attached hydrogen (secondary N) is 1. The van der Waals surface area contributed by atoms with E-state index in [0.29, 0.717) is 11.4 Å². The van der Waals surface area contributed by atoms with Gasteiger partial charge in [0.25, 0.3) is 5.91 Å². The van der Waals surface area contributed by atoms with Gasteiger partial charge in [-0.15, -0.1) is 0 Å². The summed E-state index contributed by atoms with van der Waals surface area (Å²) >= 11 is 2.15. The number of pyridine rings is 1. The van der Waals surface area contributed by atoms with Gasteiger partial charge in [0.1, 0.15) is 5.82 Å². The van der Waals surface area contributed by atoms with E-state index >= 15 is 0 Å². The molecule has 1 N–H and O–H groups in total. The van der Waals surface area contributed by atoms with Crippen LogP contribution in [-0.4, -0.2) is 10.9 Å². The summed E-state index contributed by atoms with van der Waals surface area (Å²) in [6, 6.07) is 11.2. The van der Waals surface area contributed by atoms with Crippen LogP contribution < -0.4 is 5.32 Å². The largest absolute Gasteiger partial charge is 0.307 e. The maximum atomic E-state index is 12.0. The molecule has 1 aromatic heterocycles. The Morgan fingerprint density at radius 2 is 2.12 bits per heavy atom. The molecule has 17 heavy (non-hydrogen) atoms. The monoisotopic (exact) mass is 338 g/mol. The molecule has 0 aliphatic heterocycles. The summed E-state index contributed by atoms with van der Waals surface area (Å²) in [6.07, 6.45) is 1.65. The van der Waals surface area contributed by atoms with E-state index in [-0.39, 0.29) is 5.91 Å². The average Bonchev–Trinajstić information content (AvgIpc) is 2.33. The molecule has 1 aromatic carbocycles. The van der Waals surface area contributed by atoms with Crippen molar-refractivity contribution in [2.75, 3.05) is 5.32 Å². The first-order valence-corrected chi connectivity index (χ1v) is 6.23. The van der Waals surface area contributed by atoms with Gasteiger partial charge in [-0.1, -0.05) is 17.7 Å². The summed E-state index contributed by atoms with van der Waals surface area (Å²) in [6.45, 7) is 1.97. The van der Waals surface area contributed by atoms with Crippen molar-refractivity contribution in [3.63, 3.8) is 0 Å². The van der Waals surface area contributed by atoms with Crippen molar-refractivity contribution >= 4 is 34.3 Å². The normalized spacial score (nSPS) is 10.0. The fraction of sp³-hybridized carbons (Fsp3) is 0.0769. The molecule has 0 aliphatic rings. The number of carbonyl (C=O) groups is 1. The Kier molecular flexibility index (Phi) is 3.73. The van der Waals surface area contributed by atoms with Gasteiger partial charge in [0.15, 0.2) is 0 Å². The summed E-state index contributed by atoms with van der Waals surface area (Å²) in [4.78, 5) is 16.1. The van der Waals surface area contributed by atoms with Gasteiger partial charge in [-0.05, 0) is 53.8 Å². The number of carbonyl (C=O) groups excluding carboxylic acids is 1. The van der Waals surface area contributed by atoms with Gasteiger partial charge in [-0.2, -0.15) is 0 Å². The Morgan fingerprint density at radius 1 is 1.29 bits per heavy atom. The van der Waals surface area contributed by atoms with Crippen molar-refractivity contribution in [3.8, 4) is 0 Å². The number of hydrogen-bond donors (Lipinski definition) is 1. The summed E-state index contributed by atoms with van der Waals surface area (Å²) in [7, 11) is 0. The Hall–Kier alpha value is -1.43. The first-order chi connectivity index (χ1) is 8.16. The highest BCUT2D eigenvalue weighted by molar-refractivity contribution is 14.1. The van der Waals surface area contributed by atoms with Crippen molar-refractivity contribution in [3.05, 3.63) is 57.3 Å². The van der Waals surface area contributed by atoms with E-state index in [1.165, 1.54) is 0 Å². The molecule has 3 nitrogen and oxygen atoms in total. The van der Waals surface area contributed by atoms with Crippen molar-refractivity contribution < 1.29 is 4.79 Å². The SMILES string of the molecule is Cc1ccc(I)c(C(=O)Nc2ccccn2)c1. The molecule has 4 heteroatoms. The van der Waals surface area contributed by atoms with Crippen molar-refractivity contribution in [1.29, 1.82) is 0 Å². The van der Waals surface area contributed by atoms with Crippen LogP contribution in [0.5, 0.6) is 0 Å². The Balaban J connectivity index is 2.23. The van der Waals surface area contributed by atoms with Crippen LogP contribution in [0, 0.1) is 10.5 Å². The molecule has 0 saturated carbocycles. The molecule has 1 amide bonds. The third-order valence-electron chi connectivity index (χ3n) is 2.27. The zero-order valence-electron chi connectivity index (χ0n) is 9.27. The second-order valence-corrected chi connectivity index (χ2v) is 4.81. The van der Waals surface area contributed by atoms with E-state index < -0.39 is 0 Å². The fourth-order valence-corrected chi connectivity index (χ4v) is 2.01. The zero-order chi connectivity index (χ0) is 12.3. The minimum atomic E-state index is -0.128. The lowest BCUT2D eigenvalue weighted by molar-refractivity contribution is 0.102. The molecular formula is C13H11IN2O. The van der Waals surface area contributed by atoms with Gasteiger partial charge >= 0.3 is 0 Å². The fourth-order valence-electron chi connectivity index (χ4n) is 1.43. The van der Waals surface area contributed by atoms with Crippen molar-refractivity contribution in [1.82, 2.24) is 4.98 Å². The Bertz CT molecular complexity index is 540. The van der Waals surface area contributed by atoms with Gasteiger partial charge in [-0.25, -0.2) is 4.98 Å². The minimum absolute atomic E-state index is 0.128. The van der Waals surface area contributed by atoms with E-state index in [1.54, 1.807) is 12.3 Å². The van der Waals surface area contributed by atoms with E-state index in [2.05, 4.69) is 32.9 Å². The van der Waals surface area contributed by atoms with Gasteiger partial charge in [0.05, 0.1) is 5.56 Å². The quantitative estimate of drug-likeness (QED) is 0.854. The van der Waals surface area contributed by atoms with Crippen LogP contribution in [0.4, 0.5) is 5.82 Å². The summed E-state index contributed by atoms with van der Waals surface area (Å²) in [5.41, 5.74) is 1.74. The average molecular weight is 338 g/mol. The van der Waals surface area contributed by atoms with Gasteiger partial charge in [0.2, 0.25) is 0 Å². The van der Waals surface area contributed by atoms with Gasteiger partial charge < -0.3 is 5.32 Å². The molecule has 0 spiro atoms. The van der Waals surface area contributed by atoms with E-state index in [9.17, 15) is 4.79 Å². The molecule has 1 heterocycles. The number of benzene rings is 1. The highest BCUT2D eigenvalue weighted by Crippen LogP contribution is 2.15. The molecule has 2 aromatic rings. The van der Waals surface area contributed by atoms with Crippen LogP contribution >= 0.6 is 22.6 Å². The van der Waals surface area contributed by atoms with E-state index in [1.807, 2.05) is 37.3 Å². The number of rotatable bonds is 2. The number of anilines is 1. The molecule has 0 fully saturated rings. The Morgan fingerprint density at radius 3 is 2.82 bits per heavy atom. The number of hydrogen-bond acceptors (Lipinski definition) is 2. The number of aromatic nitrogens is 1. The lowest BCUT2D eigenvalue weighted by atomic mass is 10.1. The zero-order valence-corrected chi connectivity index (χ0v) is 11.4. The topological polar surface area (TPSA) is 42.0 Å². The highest BCUT2D eigenvalue weighted by atomic mass is 127. The molecule has 0 atom stereocenters. The lowest BCUT2D eigenvalue weighted by Gasteiger charge is -2.06. The molecule has 2 rings (SSSR count). The van der Waals surface area contributed by atoms with Crippen LogP contribution in [-0.2, 0) is 0 Å². The molecule has 0 radical (unpaired) electrons. The van der Waals surface area contributed by atoms with Crippen LogP contribution in [0.3, 0.4) is 0 Å². The van der Waals surface area contributed by atoms with Crippen LogP contribution in [0.1, 0.15) is 15.9 Å². The Labute approximate surface area is 113 Å². The van der Waals surface area contributed by atoms with Crippen LogP contribution in [0.2, 0.25) is 0 Å². The summed E-state index contributed by atoms with van der Waals surface area (Å²) < 4.78 is 0.932. The minimum Gasteiger partial charge on any atom is -0.307 e. The first kappa shape index (κ1) is 12.0. The number of aryl methyl sites for hydroxylation is 1. The van der Waals surface area contributed by atoms with Crippen molar-refractivity contribution in [2.45, 2.75) is 6.92 Å². The van der Waals surface area contributed by atoms with Crippen molar-refractivity contribution in [2.24, 2.45) is 0 Å². The maximum absolute atomic E-state index is 12.0. The molecular weight excluding hydrogens is 327 g/mol. The van der Waals surface area contributed by atoms with E-state index in [4.69, 9.17) is 0 Å². The van der Waals surface area contributed by atoms with E-state index in [0.717, 1.165) is 9.13 Å². The number of nitrogens with zero attached hydrogens (tertiary/aromatic N) is 1. The molecule has 86 valence electrons. The molecule has 0 aliphatic carbocycles. The molecule has 0 saturated heterocycles. The second kappa shape index (κ2) is 5.27. The third kappa shape index (κ3) is 3.03. The third-order valence-corrected chi connectivity index (χ3v) is 3.21. The molecule has 0 unspecified atom stereocenters. The maximum Gasteiger partial charge on any atom is 0.257 e. The molecule has 0 bridgehead atoms. The predicted molar refractivity (Wildman–Crippen MR) is 76.1 cm³/mol. The number of halogens is 1. The van der Waals surface area contributed by atoms with Crippen LogP contribution in [0.15, 0.2) is 42.6 Å². The summed E-state index contributed by atoms with van der Waals surface area (Å²) in [5, 5.41) is 2.77. The standard InChI is InChI=1S/C13H11IN2O/c1-9-5-6-11(14)10(8-9)13(17)16-12-4-2-3-7-15-12/h2-8H,1H3,(H,15,16,17). The number of amides is 1. The smallest absolute Gasteiger partial charge is 0.257 e. The lowest BCUT2D eigenvalue weighted by Crippen LogP contribution is -2.14. The predicted octanol–water partition coefficient (Wildman–Crippen LogP) is 3.25. The first-order valence-electron chi connectivity index (χ1n) is 5.15. The van der Waals surface area contributed by atoms with Crippen LogP contribution in [0.25, 0.3) is 0 Å². The van der Waals surface area contributed by atoms with Gasteiger partial charge in [0, 0.05) is 9.77 Å². The summed E-state index contributed by atoms with van der Waals surface area (Å²) in [5.74, 6) is 0.437. The van der Waals surface area contributed by atoms with Gasteiger partial charge in [-0.3, -0.25) is 4.79 Å².